The highest BCUT2D eigenvalue weighted by atomic mass is 32.2. The third-order valence-corrected chi connectivity index (χ3v) is 3.31. The van der Waals surface area contributed by atoms with Crippen LogP contribution in [0.5, 0.6) is 0 Å². The normalized spacial score (nSPS) is 14.8. The van der Waals surface area contributed by atoms with Gasteiger partial charge >= 0.3 is 5.97 Å². The zero-order chi connectivity index (χ0) is 11.4. The molecule has 1 aromatic heterocycles. The fourth-order valence-corrected chi connectivity index (χ4v) is 2.32. The maximum absolute atomic E-state index is 11.5. The number of aryl methyl sites for hydroxylation is 1. The Bertz CT molecular complexity index is 377. The van der Waals surface area contributed by atoms with Crippen LogP contribution in [0.3, 0.4) is 0 Å². The van der Waals surface area contributed by atoms with Crippen LogP contribution >= 0.6 is 0 Å². The van der Waals surface area contributed by atoms with Gasteiger partial charge in [0.15, 0.2) is 0 Å². The number of nitrogens with zero attached hydrogens (tertiary/aromatic N) is 3. The minimum atomic E-state index is -1.21. The second-order valence-electron chi connectivity index (χ2n) is 3.37. The van der Waals surface area contributed by atoms with Crippen molar-refractivity contribution < 1.29 is 14.1 Å². The van der Waals surface area contributed by atoms with Crippen LogP contribution in [-0.2, 0) is 28.4 Å². The van der Waals surface area contributed by atoms with Crippen LogP contribution in [0.25, 0.3) is 0 Å². The number of carboxylic acids is 1. The van der Waals surface area contributed by atoms with Gasteiger partial charge in [0.05, 0.1) is 17.4 Å². The minimum absolute atomic E-state index is 0.145. The molecule has 1 rings (SSSR count). The van der Waals surface area contributed by atoms with Gasteiger partial charge < -0.3 is 5.11 Å². The monoisotopic (exact) mass is 231 g/mol. The van der Waals surface area contributed by atoms with Gasteiger partial charge in [-0.1, -0.05) is 12.1 Å². The summed E-state index contributed by atoms with van der Waals surface area (Å²) in [6, 6.07) is 0. The molecule has 0 aliphatic rings. The molecule has 7 heteroatoms. The third-order valence-electron chi connectivity index (χ3n) is 1.82. The summed E-state index contributed by atoms with van der Waals surface area (Å²) in [6.07, 6.45) is 1.67. The highest BCUT2D eigenvalue weighted by Crippen LogP contribution is 2.03. The highest BCUT2D eigenvalue weighted by molar-refractivity contribution is 7.84. The molecule has 0 fully saturated rings. The molecule has 6 nitrogen and oxygen atoms in total. The molecule has 2 unspecified atom stereocenters. The number of hydrogen-bond acceptors (Lipinski definition) is 4. The zero-order valence-corrected chi connectivity index (χ0v) is 9.40. The SMILES string of the molecule is CC(CS(=O)Cc1cn(C)nn1)C(=O)O. The zero-order valence-electron chi connectivity index (χ0n) is 8.58. The largest absolute Gasteiger partial charge is 0.481 e. The summed E-state index contributed by atoms with van der Waals surface area (Å²) in [5.41, 5.74) is 0.619. The second kappa shape index (κ2) is 5.01. The first-order chi connectivity index (χ1) is 6.99. The predicted molar refractivity (Wildman–Crippen MR) is 54.5 cm³/mol. The Balaban J connectivity index is 2.46. The smallest absolute Gasteiger partial charge is 0.307 e. The predicted octanol–water partition coefficient (Wildman–Crippen LogP) is -0.216. The standard InChI is InChI=1S/C8H13N3O3S/c1-6(8(12)13)4-15(14)5-7-3-11(2)10-9-7/h3,6H,4-5H2,1-2H3,(H,12,13). The lowest BCUT2D eigenvalue weighted by Gasteiger charge is -2.03. The molecule has 0 radical (unpaired) electrons. The fourth-order valence-electron chi connectivity index (χ4n) is 1.04. The van der Waals surface area contributed by atoms with Crippen LogP contribution in [0.1, 0.15) is 12.6 Å². The maximum atomic E-state index is 11.5. The summed E-state index contributed by atoms with van der Waals surface area (Å²) in [5, 5.41) is 16.1. The van der Waals surface area contributed by atoms with Crippen LogP contribution in [-0.4, -0.2) is 36.0 Å². The van der Waals surface area contributed by atoms with E-state index in [1.54, 1.807) is 13.2 Å². The Morgan fingerprint density at radius 1 is 1.73 bits per heavy atom. The molecule has 0 saturated heterocycles. The van der Waals surface area contributed by atoms with E-state index in [-0.39, 0.29) is 11.5 Å². The molecular formula is C8H13N3O3S. The number of hydrogen-bond donors (Lipinski definition) is 1. The van der Waals surface area contributed by atoms with Crippen molar-refractivity contribution in [2.24, 2.45) is 13.0 Å². The van der Waals surface area contributed by atoms with E-state index < -0.39 is 22.7 Å². The molecule has 2 atom stereocenters. The Morgan fingerprint density at radius 2 is 2.40 bits per heavy atom. The summed E-state index contributed by atoms with van der Waals surface area (Å²) in [5.74, 6) is -1.12. The lowest BCUT2D eigenvalue weighted by atomic mass is 10.2. The summed E-state index contributed by atoms with van der Waals surface area (Å²) in [7, 11) is 0.517. The summed E-state index contributed by atoms with van der Waals surface area (Å²) >= 11 is 0. The van der Waals surface area contributed by atoms with E-state index >= 15 is 0 Å². The first kappa shape index (κ1) is 11.8. The molecule has 0 saturated carbocycles. The minimum Gasteiger partial charge on any atom is -0.481 e. The fraction of sp³-hybridized carbons (Fsp3) is 0.625. The van der Waals surface area contributed by atoms with Crippen LogP contribution in [0.4, 0.5) is 0 Å². The van der Waals surface area contributed by atoms with E-state index in [0.717, 1.165) is 0 Å². The van der Waals surface area contributed by atoms with Crippen molar-refractivity contribution in [1.82, 2.24) is 15.0 Å². The van der Waals surface area contributed by atoms with Gasteiger partial charge in [-0.3, -0.25) is 13.7 Å². The topological polar surface area (TPSA) is 85.1 Å². The summed E-state index contributed by atoms with van der Waals surface area (Å²) in [4.78, 5) is 10.5. The van der Waals surface area contributed by atoms with E-state index in [1.165, 1.54) is 11.6 Å². The molecule has 0 amide bonds. The molecule has 1 heterocycles. The van der Waals surface area contributed by atoms with Gasteiger partial charge in [0.25, 0.3) is 0 Å². The Morgan fingerprint density at radius 3 is 2.87 bits per heavy atom. The van der Waals surface area contributed by atoms with Crippen molar-refractivity contribution in [2.45, 2.75) is 12.7 Å². The molecule has 1 aromatic rings. The number of aliphatic carboxylic acids is 1. The Kier molecular flexibility index (Phi) is 3.96. The van der Waals surface area contributed by atoms with Crippen molar-refractivity contribution >= 4 is 16.8 Å². The lowest BCUT2D eigenvalue weighted by molar-refractivity contribution is -0.140. The van der Waals surface area contributed by atoms with Crippen LogP contribution < -0.4 is 0 Å². The molecule has 0 spiro atoms. The molecule has 0 aromatic carbocycles. The first-order valence-electron chi connectivity index (χ1n) is 4.42. The highest BCUT2D eigenvalue weighted by Gasteiger charge is 2.15. The van der Waals surface area contributed by atoms with Crippen LogP contribution in [0, 0.1) is 5.92 Å². The van der Waals surface area contributed by atoms with E-state index in [9.17, 15) is 9.00 Å². The van der Waals surface area contributed by atoms with E-state index in [0.29, 0.717) is 5.69 Å². The molecule has 84 valence electrons. The summed E-state index contributed by atoms with van der Waals surface area (Å²) in [6.45, 7) is 1.54. The van der Waals surface area contributed by atoms with Crippen LogP contribution in [0.15, 0.2) is 6.20 Å². The van der Waals surface area contributed by atoms with Gasteiger partial charge in [-0.2, -0.15) is 0 Å². The van der Waals surface area contributed by atoms with Crippen molar-refractivity contribution in [3.63, 3.8) is 0 Å². The number of aromatic nitrogens is 3. The molecule has 0 aliphatic heterocycles. The van der Waals surface area contributed by atoms with Gasteiger partial charge in [-0.25, -0.2) is 0 Å². The van der Waals surface area contributed by atoms with Gasteiger partial charge in [-0.15, -0.1) is 5.10 Å². The summed E-state index contributed by atoms with van der Waals surface area (Å²) < 4.78 is 13.0. The second-order valence-corrected chi connectivity index (χ2v) is 4.88. The maximum Gasteiger partial charge on any atom is 0.307 e. The van der Waals surface area contributed by atoms with Crippen molar-refractivity contribution in [1.29, 1.82) is 0 Å². The molecular weight excluding hydrogens is 218 g/mol. The van der Waals surface area contributed by atoms with Gasteiger partial charge in [0.1, 0.15) is 0 Å². The average Bonchev–Trinajstić information content (AvgIpc) is 2.50. The van der Waals surface area contributed by atoms with Gasteiger partial charge in [0.2, 0.25) is 0 Å². The molecule has 1 N–H and O–H groups in total. The number of carboxylic acid groups (broad SMARTS) is 1. The molecule has 0 bridgehead atoms. The van der Waals surface area contributed by atoms with E-state index in [4.69, 9.17) is 5.11 Å². The lowest BCUT2D eigenvalue weighted by Crippen LogP contribution is -2.18. The van der Waals surface area contributed by atoms with Crippen LogP contribution in [0.2, 0.25) is 0 Å². The molecule has 15 heavy (non-hydrogen) atoms. The van der Waals surface area contributed by atoms with Gasteiger partial charge in [0, 0.05) is 29.8 Å². The first-order valence-corrected chi connectivity index (χ1v) is 5.91. The Hall–Kier alpha value is -1.24. The molecule has 0 aliphatic carbocycles. The number of rotatable bonds is 5. The number of carbonyl (C=O) groups is 1. The third kappa shape index (κ3) is 3.78. The van der Waals surface area contributed by atoms with Crippen molar-refractivity contribution in [3.8, 4) is 0 Å². The van der Waals surface area contributed by atoms with Gasteiger partial charge in [-0.05, 0) is 0 Å². The van der Waals surface area contributed by atoms with Crippen molar-refractivity contribution in [3.05, 3.63) is 11.9 Å². The van der Waals surface area contributed by atoms with Crippen molar-refractivity contribution in [2.75, 3.05) is 5.75 Å². The quantitative estimate of drug-likeness (QED) is 0.757. The van der Waals surface area contributed by atoms with E-state index in [2.05, 4.69) is 10.3 Å². The Labute approximate surface area is 89.7 Å². The average molecular weight is 231 g/mol. The van der Waals surface area contributed by atoms with E-state index in [1.807, 2.05) is 0 Å².